The summed E-state index contributed by atoms with van der Waals surface area (Å²) in [7, 11) is 0. The fourth-order valence-corrected chi connectivity index (χ4v) is 3.87. The largest absolute Gasteiger partial charge is 0.357 e. The Kier molecular flexibility index (Phi) is 7.98. The highest BCUT2D eigenvalue weighted by Gasteiger charge is 2.14. The molecule has 0 radical (unpaired) electrons. The Morgan fingerprint density at radius 3 is 2.89 bits per heavy atom. The minimum Gasteiger partial charge on any atom is -0.357 e. The van der Waals surface area contributed by atoms with Gasteiger partial charge in [-0.1, -0.05) is 35.7 Å². The van der Waals surface area contributed by atoms with Gasteiger partial charge < -0.3 is 15.2 Å². The van der Waals surface area contributed by atoms with Gasteiger partial charge in [0.15, 0.2) is 11.8 Å². The van der Waals surface area contributed by atoms with Crippen LogP contribution in [0.5, 0.6) is 0 Å². The van der Waals surface area contributed by atoms with E-state index in [0.717, 1.165) is 67.1 Å². The molecule has 1 aromatic heterocycles. The van der Waals surface area contributed by atoms with Crippen LogP contribution in [-0.2, 0) is 25.9 Å². The molecule has 1 aliphatic rings. The first-order valence-corrected chi connectivity index (χ1v) is 10.8. The minimum absolute atomic E-state index is 0.533. The van der Waals surface area contributed by atoms with Crippen LogP contribution < -0.4 is 10.6 Å². The predicted molar refractivity (Wildman–Crippen MR) is 115 cm³/mol. The van der Waals surface area contributed by atoms with Gasteiger partial charge in [-0.3, -0.25) is 0 Å². The minimum atomic E-state index is 0.533. The molecule has 6 nitrogen and oxygen atoms in total. The molecule has 0 aliphatic carbocycles. The maximum absolute atomic E-state index is 6.24. The first-order valence-electron chi connectivity index (χ1n) is 10.0. The van der Waals surface area contributed by atoms with Crippen molar-refractivity contribution in [2.75, 3.05) is 13.1 Å². The molecule has 0 bridgehead atoms. The Balaban J connectivity index is 1.52. The Morgan fingerprint density at radius 1 is 1.18 bits per heavy atom. The number of nitrogens with zero attached hydrogens (tertiary/aromatic N) is 4. The molecule has 1 aromatic carbocycles. The van der Waals surface area contributed by atoms with Crippen molar-refractivity contribution in [3.8, 4) is 0 Å². The SMILES string of the molecule is CCNC(=NCc1nnc2n1CCCCC2)NCCCc1ccc(Cl)cc1Cl. The molecule has 2 heterocycles. The Bertz CT molecular complexity index is 802. The summed E-state index contributed by atoms with van der Waals surface area (Å²) in [5.74, 6) is 2.85. The summed E-state index contributed by atoms with van der Waals surface area (Å²) in [4.78, 5) is 4.70. The zero-order valence-electron chi connectivity index (χ0n) is 16.3. The number of aliphatic imine (C=N–C) groups is 1. The van der Waals surface area contributed by atoms with E-state index in [-0.39, 0.29) is 0 Å². The van der Waals surface area contributed by atoms with E-state index >= 15 is 0 Å². The quantitative estimate of drug-likeness (QED) is 0.401. The lowest BCUT2D eigenvalue weighted by Crippen LogP contribution is -2.38. The molecule has 1 aliphatic heterocycles. The van der Waals surface area contributed by atoms with Crippen molar-refractivity contribution in [1.29, 1.82) is 0 Å². The Labute approximate surface area is 176 Å². The number of hydrogen-bond acceptors (Lipinski definition) is 3. The highest BCUT2D eigenvalue weighted by atomic mass is 35.5. The lowest BCUT2D eigenvalue weighted by molar-refractivity contribution is 0.605. The molecule has 0 saturated heterocycles. The summed E-state index contributed by atoms with van der Waals surface area (Å²) in [6, 6.07) is 5.66. The molecule has 0 saturated carbocycles. The van der Waals surface area contributed by atoms with Gasteiger partial charge in [0.1, 0.15) is 12.4 Å². The molecular weight excluding hydrogens is 395 g/mol. The van der Waals surface area contributed by atoms with Crippen LogP contribution in [0.3, 0.4) is 0 Å². The number of halogens is 2. The summed E-state index contributed by atoms with van der Waals surface area (Å²) in [6.07, 6.45) is 6.50. The normalized spacial score (nSPS) is 14.5. The van der Waals surface area contributed by atoms with Crippen molar-refractivity contribution in [1.82, 2.24) is 25.4 Å². The van der Waals surface area contributed by atoms with Crippen molar-refractivity contribution >= 4 is 29.2 Å². The average Bonchev–Trinajstić information content (AvgIpc) is 2.90. The van der Waals surface area contributed by atoms with Crippen LogP contribution in [0.15, 0.2) is 23.2 Å². The van der Waals surface area contributed by atoms with Gasteiger partial charge in [0, 0.05) is 36.1 Å². The van der Waals surface area contributed by atoms with Gasteiger partial charge in [-0.25, -0.2) is 4.99 Å². The molecule has 152 valence electrons. The topological polar surface area (TPSA) is 67.1 Å². The number of guanidine groups is 1. The maximum Gasteiger partial charge on any atom is 0.191 e. The molecule has 0 atom stereocenters. The highest BCUT2D eigenvalue weighted by molar-refractivity contribution is 6.35. The van der Waals surface area contributed by atoms with Crippen LogP contribution in [0, 0.1) is 0 Å². The Morgan fingerprint density at radius 2 is 2.07 bits per heavy atom. The van der Waals surface area contributed by atoms with Crippen LogP contribution in [-0.4, -0.2) is 33.8 Å². The van der Waals surface area contributed by atoms with E-state index in [1.54, 1.807) is 6.07 Å². The lowest BCUT2D eigenvalue weighted by Gasteiger charge is -2.12. The average molecular weight is 423 g/mol. The summed E-state index contributed by atoms with van der Waals surface area (Å²) < 4.78 is 2.24. The molecule has 2 N–H and O–H groups in total. The zero-order valence-corrected chi connectivity index (χ0v) is 17.9. The van der Waals surface area contributed by atoms with Crippen LogP contribution in [0.25, 0.3) is 0 Å². The van der Waals surface area contributed by atoms with Gasteiger partial charge >= 0.3 is 0 Å². The van der Waals surface area contributed by atoms with E-state index in [1.165, 1.54) is 19.3 Å². The molecule has 28 heavy (non-hydrogen) atoms. The van der Waals surface area contributed by atoms with Crippen molar-refractivity contribution in [2.45, 2.75) is 58.5 Å². The summed E-state index contributed by atoms with van der Waals surface area (Å²) in [6.45, 7) is 5.22. The number of aromatic nitrogens is 3. The molecule has 0 amide bonds. The third kappa shape index (κ3) is 5.85. The fraction of sp³-hybridized carbons (Fsp3) is 0.550. The van der Waals surface area contributed by atoms with Gasteiger partial charge in [0.25, 0.3) is 0 Å². The summed E-state index contributed by atoms with van der Waals surface area (Å²) in [5.41, 5.74) is 1.11. The van der Waals surface area contributed by atoms with E-state index in [0.29, 0.717) is 11.6 Å². The van der Waals surface area contributed by atoms with Gasteiger partial charge in [-0.05, 0) is 50.3 Å². The van der Waals surface area contributed by atoms with E-state index < -0.39 is 0 Å². The van der Waals surface area contributed by atoms with Crippen LogP contribution in [0.4, 0.5) is 0 Å². The van der Waals surface area contributed by atoms with E-state index in [1.807, 2.05) is 12.1 Å². The molecule has 0 unspecified atom stereocenters. The fourth-order valence-electron chi connectivity index (χ4n) is 3.36. The number of nitrogens with one attached hydrogen (secondary N) is 2. The first-order chi connectivity index (χ1) is 13.7. The maximum atomic E-state index is 6.24. The Hall–Kier alpha value is -1.79. The number of fused-ring (bicyclic) bond motifs is 1. The highest BCUT2D eigenvalue weighted by Crippen LogP contribution is 2.21. The second kappa shape index (κ2) is 10.7. The smallest absolute Gasteiger partial charge is 0.191 e. The van der Waals surface area contributed by atoms with Crippen molar-refractivity contribution in [3.05, 3.63) is 45.5 Å². The van der Waals surface area contributed by atoms with Crippen molar-refractivity contribution in [3.63, 3.8) is 0 Å². The van der Waals surface area contributed by atoms with E-state index in [9.17, 15) is 0 Å². The molecule has 0 fully saturated rings. The molecule has 2 aromatic rings. The van der Waals surface area contributed by atoms with Crippen LogP contribution in [0.2, 0.25) is 10.0 Å². The predicted octanol–water partition coefficient (Wildman–Crippen LogP) is 4.00. The van der Waals surface area contributed by atoms with Gasteiger partial charge in [0.2, 0.25) is 0 Å². The number of benzene rings is 1. The summed E-state index contributed by atoms with van der Waals surface area (Å²) in [5, 5.41) is 16.8. The summed E-state index contributed by atoms with van der Waals surface area (Å²) >= 11 is 12.2. The third-order valence-electron chi connectivity index (χ3n) is 4.84. The van der Waals surface area contributed by atoms with Crippen molar-refractivity contribution in [2.24, 2.45) is 4.99 Å². The number of rotatable bonds is 7. The van der Waals surface area contributed by atoms with Gasteiger partial charge in [-0.2, -0.15) is 0 Å². The zero-order chi connectivity index (χ0) is 19.8. The van der Waals surface area contributed by atoms with Gasteiger partial charge in [-0.15, -0.1) is 10.2 Å². The number of aryl methyl sites for hydroxylation is 2. The first kappa shape index (κ1) is 20.9. The van der Waals surface area contributed by atoms with Crippen LogP contribution >= 0.6 is 23.2 Å². The molecule has 0 spiro atoms. The number of hydrogen-bond donors (Lipinski definition) is 2. The third-order valence-corrected chi connectivity index (χ3v) is 5.43. The second-order valence-corrected chi connectivity index (χ2v) is 7.80. The van der Waals surface area contributed by atoms with E-state index in [2.05, 4.69) is 32.3 Å². The second-order valence-electron chi connectivity index (χ2n) is 6.96. The molecular formula is C20H28Cl2N6. The van der Waals surface area contributed by atoms with Gasteiger partial charge in [0.05, 0.1) is 0 Å². The monoisotopic (exact) mass is 422 g/mol. The van der Waals surface area contributed by atoms with E-state index in [4.69, 9.17) is 28.2 Å². The standard InChI is InChI=1S/C20H28Cl2N6/c1-2-23-20(24-11-6-7-15-9-10-16(21)13-17(15)22)25-14-19-27-26-18-8-4-3-5-12-28(18)19/h9-10,13H,2-8,11-12,14H2,1H3,(H2,23,24,25). The van der Waals surface area contributed by atoms with Crippen LogP contribution in [0.1, 0.15) is 49.8 Å². The van der Waals surface area contributed by atoms with Crippen molar-refractivity contribution < 1.29 is 0 Å². The molecule has 3 rings (SSSR count). The lowest BCUT2D eigenvalue weighted by atomic mass is 10.1. The molecule has 8 heteroatoms.